The molecule has 2 N–H and O–H groups in total. The lowest BCUT2D eigenvalue weighted by atomic mass is 9.91. The molecule has 5 rings (SSSR count). The third kappa shape index (κ3) is 4.23. The predicted molar refractivity (Wildman–Crippen MR) is 124 cm³/mol. The van der Waals surface area contributed by atoms with Crippen LogP contribution in [0, 0.1) is 5.92 Å². The van der Waals surface area contributed by atoms with E-state index in [2.05, 4.69) is 15.6 Å². The molecule has 3 aromatic rings. The number of piperidine rings is 1. The summed E-state index contributed by atoms with van der Waals surface area (Å²) in [6.07, 6.45) is -0.109. The van der Waals surface area contributed by atoms with Gasteiger partial charge in [-0.2, -0.15) is 0 Å². The molecule has 0 spiro atoms. The highest BCUT2D eigenvalue weighted by molar-refractivity contribution is 5.99. The molecule has 2 unspecified atom stereocenters. The molecule has 1 fully saturated rings. The van der Waals surface area contributed by atoms with E-state index >= 15 is 0 Å². The van der Waals surface area contributed by atoms with Crippen molar-refractivity contribution in [3.8, 4) is 11.1 Å². The molecule has 180 valence electrons. The van der Waals surface area contributed by atoms with Crippen LogP contribution >= 0.6 is 0 Å². The largest absolute Gasteiger partial charge is 0.481 e. The molecule has 0 saturated carbocycles. The Morgan fingerprint density at radius 2 is 1.74 bits per heavy atom. The Hall–Kier alpha value is -4.21. The maximum absolute atomic E-state index is 13.0. The number of nitrogens with one attached hydrogen (secondary N) is 1. The average molecular weight is 476 g/mol. The van der Waals surface area contributed by atoms with Crippen molar-refractivity contribution in [1.82, 2.24) is 15.2 Å². The van der Waals surface area contributed by atoms with Crippen LogP contribution in [0.3, 0.4) is 0 Å². The molecule has 10 nitrogen and oxygen atoms in total. The number of aromatic nitrogens is 2. The Bertz CT molecular complexity index is 1240. The van der Waals surface area contributed by atoms with E-state index in [9.17, 15) is 19.5 Å². The second kappa shape index (κ2) is 9.21. The van der Waals surface area contributed by atoms with Crippen LogP contribution in [0.2, 0.25) is 0 Å². The fraction of sp³-hybridized carbons (Fsp3) is 0.320. The van der Waals surface area contributed by atoms with E-state index in [-0.39, 0.29) is 36.6 Å². The van der Waals surface area contributed by atoms with Crippen molar-refractivity contribution in [3.63, 3.8) is 0 Å². The van der Waals surface area contributed by atoms with E-state index in [1.54, 1.807) is 6.92 Å². The van der Waals surface area contributed by atoms with Crippen LogP contribution < -0.4 is 5.32 Å². The van der Waals surface area contributed by atoms with Gasteiger partial charge in [0.05, 0.1) is 5.92 Å². The first-order valence-electron chi connectivity index (χ1n) is 11.4. The highest BCUT2D eigenvalue weighted by Crippen LogP contribution is 2.44. The summed E-state index contributed by atoms with van der Waals surface area (Å²) < 4.78 is 10.2. The first kappa shape index (κ1) is 22.6. The number of benzene rings is 2. The highest BCUT2D eigenvalue weighted by atomic mass is 16.6. The zero-order valence-electron chi connectivity index (χ0n) is 19.0. The van der Waals surface area contributed by atoms with Crippen molar-refractivity contribution >= 4 is 23.8 Å². The van der Waals surface area contributed by atoms with Gasteiger partial charge < -0.3 is 14.7 Å². The van der Waals surface area contributed by atoms with Gasteiger partial charge in [-0.1, -0.05) is 48.5 Å². The summed E-state index contributed by atoms with van der Waals surface area (Å²) in [5, 5.41) is 19.0. The smallest absolute Gasteiger partial charge is 0.412 e. The van der Waals surface area contributed by atoms with E-state index in [0.29, 0.717) is 12.8 Å². The molecule has 35 heavy (non-hydrogen) atoms. The molecule has 2 aromatic carbocycles. The lowest BCUT2D eigenvalue weighted by molar-refractivity contribution is -0.143. The maximum atomic E-state index is 13.0. The van der Waals surface area contributed by atoms with Crippen LogP contribution in [-0.2, 0) is 9.53 Å². The van der Waals surface area contributed by atoms with Crippen molar-refractivity contribution in [1.29, 1.82) is 0 Å². The minimum absolute atomic E-state index is 0.105. The highest BCUT2D eigenvalue weighted by Gasteiger charge is 2.35. The zero-order valence-corrected chi connectivity index (χ0v) is 19.0. The first-order valence-corrected chi connectivity index (χ1v) is 11.4. The van der Waals surface area contributed by atoms with E-state index in [1.165, 1.54) is 4.90 Å². The Kier molecular flexibility index (Phi) is 5.94. The average Bonchev–Trinajstić information content (AvgIpc) is 3.44. The molecule has 2 aliphatic rings. The molecule has 1 saturated heterocycles. The van der Waals surface area contributed by atoms with Crippen LogP contribution in [0.5, 0.6) is 0 Å². The number of rotatable bonds is 5. The van der Waals surface area contributed by atoms with Crippen LogP contribution in [0.1, 0.15) is 47.3 Å². The van der Waals surface area contributed by atoms with Gasteiger partial charge in [0.15, 0.2) is 0 Å². The Morgan fingerprint density at radius 3 is 2.37 bits per heavy atom. The minimum Gasteiger partial charge on any atom is -0.481 e. The normalized spacial score (nSPS) is 19.1. The summed E-state index contributed by atoms with van der Waals surface area (Å²) in [4.78, 5) is 38.4. The summed E-state index contributed by atoms with van der Waals surface area (Å²) in [7, 11) is 0. The number of hydrogen-bond acceptors (Lipinski definition) is 7. The standard InChI is InChI=1S/C25H24N4O6/c1-14-12-15(24(31)32)10-11-29(14)23(30)21-22(28-35-27-21)26-25(33)34-13-20-18-8-4-2-6-16(18)17-7-3-5-9-19(17)20/h2-9,14-15,20H,10-13H2,1H3,(H,31,32)(H,26,28,33). The SMILES string of the molecule is CC1CC(C(=O)O)CCN1C(=O)c1nonc1NC(=O)OCC1c2ccccc2-c2ccccc21. The van der Waals surface area contributed by atoms with E-state index in [1.807, 2.05) is 48.5 Å². The number of carboxylic acids is 1. The Balaban J connectivity index is 1.24. The third-order valence-electron chi connectivity index (χ3n) is 6.74. The molecule has 1 aromatic heterocycles. The topological polar surface area (TPSA) is 135 Å². The van der Waals surface area contributed by atoms with E-state index < -0.39 is 23.9 Å². The molecule has 10 heteroatoms. The van der Waals surface area contributed by atoms with Gasteiger partial charge in [-0.25, -0.2) is 9.42 Å². The number of likely N-dealkylation sites (tertiary alicyclic amines) is 1. The molecule has 2 amide bonds. The number of nitrogens with zero attached hydrogens (tertiary/aromatic N) is 3. The minimum atomic E-state index is -0.871. The van der Waals surface area contributed by atoms with Gasteiger partial charge >= 0.3 is 12.1 Å². The molecular weight excluding hydrogens is 452 g/mol. The summed E-state index contributed by atoms with van der Waals surface area (Å²) in [5.74, 6) is -2.11. The van der Waals surface area contributed by atoms with Gasteiger partial charge in [0.2, 0.25) is 11.5 Å². The summed E-state index contributed by atoms with van der Waals surface area (Å²) in [6.45, 7) is 2.14. The number of amides is 2. The van der Waals surface area contributed by atoms with Gasteiger partial charge in [0, 0.05) is 18.5 Å². The van der Waals surface area contributed by atoms with Gasteiger partial charge in [-0.3, -0.25) is 14.9 Å². The van der Waals surface area contributed by atoms with Crippen molar-refractivity contribution in [2.45, 2.75) is 31.7 Å². The fourth-order valence-corrected chi connectivity index (χ4v) is 4.98. The van der Waals surface area contributed by atoms with Gasteiger partial charge in [-0.05, 0) is 52.3 Å². The molecule has 0 radical (unpaired) electrons. The van der Waals surface area contributed by atoms with E-state index in [4.69, 9.17) is 9.37 Å². The van der Waals surface area contributed by atoms with Crippen molar-refractivity contribution in [2.24, 2.45) is 5.92 Å². The molecule has 1 aliphatic heterocycles. The van der Waals surface area contributed by atoms with Crippen molar-refractivity contribution in [3.05, 3.63) is 65.4 Å². The second-order valence-corrected chi connectivity index (χ2v) is 8.82. The zero-order chi connectivity index (χ0) is 24.5. The summed E-state index contributed by atoms with van der Waals surface area (Å²) in [5.41, 5.74) is 4.25. The second-order valence-electron chi connectivity index (χ2n) is 8.82. The number of hydrogen-bond donors (Lipinski definition) is 2. The van der Waals surface area contributed by atoms with Gasteiger partial charge in [0.1, 0.15) is 6.61 Å². The van der Waals surface area contributed by atoms with Crippen molar-refractivity contribution < 1.29 is 28.9 Å². The Morgan fingerprint density at radius 1 is 1.09 bits per heavy atom. The Labute approximate surface area is 200 Å². The van der Waals surface area contributed by atoms with Crippen molar-refractivity contribution in [2.75, 3.05) is 18.5 Å². The fourth-order valence-electron chi connectivity index (χ4n) is 4.98. The van der Waals surface area contributed by atoms with Crippen LogP contribution in [-0.4, -0.2) is 57.5 Å². The molecular formula is C25H24N4O6. The number of fused-ring (bicyclic) bond motifs is 3. The maximum Gasteiger partial charge on any atom is 0.412 e. The monoisotopic (exact) mass is 476 g/mol. The lowest BCUT2D eigenvalue weighted by Gasteiger charge is -2.35. The third-order valence-corrected chi connectivity index (χ3v) is 6.74. The summed E-state index contributed by atoms with van der Waals surface area (Å²) >= 11 is 0. The van der Waals surface area contributed by atoms with Gasteiger partial charge in [-0.15, -0.1) is 0 Å². The number of carbonyl (C=O) groups is 3. The lowest BCUT2D eigenvalue weighted by Crippen LogP contribution is -2.46. The van der Waals surface area contributed by atoms with Crippen LogP contribution in [0.4, 0.5) is 10.6 Å². The molecule has 0 bridgehead atoms. The number of carbonyl (C=O) groups excluding carboxylic acids is 2. The quantitative estimate of drug-likeness (QED) is 0.568. The molecule has 2 atom stereocenters. The van der Waals surface area contributed by atoms with E-state index in [0.717, 1.165) is 22.3 Å². The van der Waals surface area contributed by atoms with Crippen LogP contribution in [0.15, 0.2) is 53.2 Å². The molecule has 1 aliphatic carbocycles. The number of aliphatic carboxylic acids is 1. The van der Waals surface area contributed by atoms with Gasteiger partial charge in [0.25, 0.3) is 5.91 Å². The number of carboxylic acid groups (broad SMARTS) is 1. The molecule has 2 heterocycles. The van der Waals surface area contributed by atoms with Crippen LogP contribution in [0.25, 0.3) is 11.1 Å². The number of anilines is 1. The predicted octanol–water partition coefficient (Wildman–Crippen LogP) is 3.76. The number of ether oxygens (including phenoxy) is 1. The first-order chi connectivity index (χ1) is 16.9. The summed E-state index contributed by atoms with van der Waals surface area (Å²) in [6, 6.07) is 15.7.